The third-order valence-corrected chi connectivity index (χ3v) is 4.32. The summed E-state index contributed by atoms with van der Waals surface area (Å²) in [7, 11) is 0. The van der Waals surface area contributed by atoms with Crippen molar-refractivity contribution in [1.29, 1.82) is 0 Å². The predicted molar refractivity (Wildman–Crippen MR) is 86.4 cm³/mol. The molecule has 0 heterocycles. The minimum atomic E-state index is -0.452. The molecule has 1 N–H and O–H groups in total. The summed E-state index contributed by atoms with van der Waals surface area (Å²) >= 11 is 0. The van der Waals surface area contributed by atoms with Crippen molar-refractivity contribution in [3.8, 4) is 0 Å². The molecule has 0 aromatic heterocycles. The van der Waals surface area contributed by atoms with Crippen LogP contribution in [0.25, 0.3) is 5.57 Å². The van der Waals surface area contributed by atoms with Gasteiger partial charge in [0.05, 0.1) is 6.10 Å². The van der Waals surface area contributed by atoms with Gasteiger partial charge >= 0.3 is 0 Å². The summed E-state index contributed by atoms with van der Waals surface area (Å²) in [6, 6.07) is 8.29. The van der Waals surface area contributed by atoms with E-state index in [1.807, 2.05) is 6.07 Å². The Bertz CT molecular complexity index is 570. The molecule has 20 heavy (non-hydrogen) atoms. The van der Waals surface area contributed by atoms with Crippen LogP contribution in [0.4, 0.5) is 0 Å². The summed E-state index contributed by atoms with van der Waals surface area (Å²) in [5.74, 6) is 0.420. The topological polar surface area (TPSA) is 20.2 Å². The van der Waals surface area contributed by atoms with Crippen molar-refractivity contribution < 1.29 is 5.11 Å². The fraction of sp³-hybridized carbons (Fsp3) is 0.474. The third-order valence-electron chi connectivity index (χ3n) is 4.32. The molecule has 0 saturated carbocycles. The van der Waals surface area contributed by atoms with Crippen LogP contribution in [0.2, 0.25) is 0 Å². The normalized spacial score (nSPS) is 21.1. The first-order valence-electron chi connectivity index (χ1n) is 7.40. The average molecular weight is 270 g/mol. The first-order valence-corrected chi connectivity index (χ1v) is 7.40. The molecule has 108 valence electrons. The first kappa shape index (κ1) is 15.1. The molecule has 2 rings (SSSR count). The molecule has 1 aliphatic rings. The number of rotatable bonds is 2. The third kappa shape index (κ3) is 2.60. The smallest absolute Gasteiger partial charge is 0.0844 e. The lowest BCUT2D eigenvalue weighted by Crippen LogP contribution is -2.19. The zero-order valence-electron chi connectivity index (χ0n) is 13.5. The van der Waals surface area contributed by atoms with E-state index in [1.165, 1.54) is 22.3 Å². The van der Waals surface area contributed by atoms with Gasteiger partial charge in [-0.2, -0.15) is 0 Å². The quantitative estimate of drug-likeness (QED) is 0.789. The van der Waals surface area contributed by atoms with Gasteiger partial charge in [-0.05, 0) is 41.5 Å². The van der Waals surface area contributed by atoms with E-state index in [0.717, 1.165) is 5.56 Å². The van der Waals surface area contributed by atoms with Crippen molar-refractivity contribution in [1.82, 2.24) is 0 Å². The zero-order chi connectivity index (χ0) is 15.1. The number of aliphatic hydroxyl groups is 1. The largest absolute Gasteiger partial charge is 0.388 e. The van der Waals surface area contributed by atoms with Crippen molar-refractivity contribution in [3.05, 3.63) is 52.6 Å². The molecular formula is C19H26O. The number of allylic oxidation sites excluding steroid dienone is 4. The highest BCUT2D eigenvalue weighted by molar-refractivity contribution is 5.79. The Morgan fingerprint density at radius 3 is 2.20 bits per heavy atom. The van der Waals surface area contributed by atoms with Crippen molar-refractivity contribution in [2.75, 3.05) is 0 Å². The number of aliphatic hydroxyl groups excluding tert-OH is 1. The van der Waals surface area contributed by atoms with E-state index in [4.69, 9.17) is 0 Å². The van der Waals surface area contributed by atoms with E-state index in [1.54, 1.807) is 0 Å². The Morgan fingerprint density at radius 2 is 1.70 bits per heavy atom. The molecule has 2 unspecified atom stereocenters. The molecule has 0 aliphatic heterocycles. The van der Waals surface area contributed by atoms with Crippen LogP contribution in [-0.2, 0) is 0 Å². The Balaban J connectivity index is 2.56. The van der Waals surface area contributed by atoms with Crippen LogP contribution >= 0.6 is 0 Å². The number of hydrogen-bond acceptors (Lipinski definition) is 1. The molecule has 0 fully saturated rings. The van der Waals surface area contributed by atoms with Crippen molar-refractivity contribution in [2.24, 2.45) is 11.3 Å². The molecule has 2 atom stereocenters. The minimum absolute atomic E-state index is 0.158. The minimum Gasteiger partial charge on any atom is -0.388 e. The highest BCUT2D eigenvalue weighted by Gasteiger charge is 2.29. The number of benzene rings is 1. The van der Waals surface area contributed by atoms with Gasteiger partial charge in [0, 0.05) is 5.92 Å². The van der Waals surface area contributed by atoms with Gasteiger partial charge in [-0.1, -0.05) is 63.6 Å². The Hall–Kier alpha value is -1.34. The molecule has 1 nitrogen and oxygen atoms in total. The molecule has 0 saturated heterocycles. The Kier molecular flexibility index (Phi) is 3.93. The van der Waals surface area contributed by atoms with Gasteiger partial charge < -0.3 is 5.11 Å². The lowest BCUT2D eigenvalue weighted by Gasteiger charge is -2.29. The van der Waals surface area contributed by atoms with E-state index in [-0.39, 0.29) is 5.41 Å². The summed E-state index contributed by atoms with van der Waals surface area (Å²) < 4.78 is 0. The monoisotopic (exact) mass is 270 g/mol. The molecule has 0 amide bonds. The molecule has 1 aromatic rings. The SMILES string of the molecule is CC1=CC(C)C(c2ccccc2C(O)C(C)(C)C)=C1C. The van der Waals surface area contributed by atoms with Crippen LogP contribution in [0.5, 0.6) is 0 Å². The van der Waals surface area contributed by atoms with Gasteiger partial charge in [0.15, 0.2) is 0 Å². The fourth-order valence-electron chi connectivity index (χ4n) is 3.03. The highest BCUT2D eigenvalue weighted by Crippen LogP contribution is 2.42. The van der Waals surface area contributed by atoms with Crippen LogP contribution in [-0.4, -0.2) is 5.11 Å². The van der Waals surface area contributed by atoms with Crippen molar-refractivity contribution in [3.63, 3.8) is 0 Å². The maximum Gasteiger partial charge on any atom is 0.0844 e. The molecule has 0 spiro atoms. The summed E-state index contributed by atoms with van der Waals surface area (Å²) in [6.07, 6.45) is 1.86. The van der Waals surface area contributed by atoms with E-state index in [2.05, 4.69) is 65.8 Å². The van der Waals surface area contributed by atoms with Crippen LogP contribution < -0.4 is 0 Å². The van der Waals surface area contributed by atoms with Crippen LogP contribution in [0.15, 0.2) is 41.5 Å². The van der Waals surface area contributed by atoms with Gasteiger partial charge in [-0.25, -0.2) is 0 Å². The van der Waals surface area contributed by atoms with Crippen LogP contribution in [0.3, 0.4) is 0 Å². The molecule has 0 radical (unpaired) electrons. The molecule has 1 aliphatic carbocycles. The Labute approximate surface area is 123 Å². The predicted octanol–water partition coefficient (Wildman–Crippen LogP) is 5.14. The zero-order valence-corrected chi connectivity index (χ0v) is 13.5. The number of hydrogen-bond donors (Lipinski definition) is 1. The maximum absolute atomic E-state index is 10.7. The fourth-order valence-corrected chi connectivity index (χ4v) is 3.03. The summed E-state index contributed by atoms with van der Waals surface area (Å²) in [4.78, 5) is 0. The lowest BCUT2D eigenvalue weighted by molar-refractivity contribution is 0.0624. The van der Waals surface area contributed by atoms with Crippen molar-refractivity contribution >= 4 is 5.57 Å². The Morgan fingerprint density at radius 1 is 1.10 bits per heavy atom. The first-order chi connectivity index (χ1) is 9.23. The van der Waals surface area contributed by atoms with Gasteiger partial charge in [-0.15, -0.1) is 0 Å². The van der Waals surface area contributed by atoms with Crippen molar-refractivity contribution in [2.45, 2.75) is 47.6 Å². The summed E-state index contributed by atoms with van der Waals surface area (Å²) in [6.45, 7) is 12.8. The molecular weight excluding hydrogens is 244 g/mol. The van der Waals surface area contributed by atoms with Gasteiger partial charge in [-0.3, -0.25) is 0 Å². The van der Waals surface area contributed by atoms with E-state index < -0.39 is 6.10 Å². The lowest BCUT2D eigenvalue weighted by atomic mass is 9.80. The standard InChI is InChI=1S/C19H26O/c1-12-11-13(2)17(14(12)3)15-9-7-8-10-16(15)18(20)19(4,5)6/h7-11,13,18,20H,1-6H3. The maximum atomic E-state index is 10.7. The molecule has 1 aromatic carbocycles. The summed E-state index contributed by atoms with van der Waals surface area (Å²) in [5, 5.41) is 10.7. The van der Waals surface area contributed by atoms with Crippen LogP contribution in [0, 0.1) is 11.3 Å². The summed E-state index contributed by atoms with van der Waals surface area (Å²) in [5.41, 5.74) is 6.16. The average Bonchev–Trinajstić information content (AvgIpc) is 2.61. The second-order valence-corrected chi connectivity index (χ2v) is 7.03. The van der Waals surface area contributed by atoms with Crippen LogP contribution in [0.1, 0.15) is 58.8 Å². The molecule has 1 heteroatoms. The molecule has 0 bridgehead atoms. The van der Waals surface area contributed by atoms with Gasteiger partial charge in [0.1, 0.15) is 0 Å². The second kappa shape index (κ2) is 5.21. The highest BCUT2D eigenvalue weighted by atomic mass is 16.3. The van der Waals surface area contributed by atoms with E-state index in [9.17, 15) is 5.11 Å². The van der Waals surface area contributed by atoms with E-state index >= 15 is 0 Å². The van der Waals surface area contributed by atoms with Gasteiger partial charge in [0.2, 0.25) is 0 Å². The van der Waals surface area contributed by atoms with E-state index in [0.29, 0.717) is 5.92 Å². The second-order valence-electron chi connectivity index (χ2n) is 7.03. The van der Waals surface area contributed by atoms with Gasteiger partial charge in [0.25, 0.3) is 0 Å².